The number of hydrogen-bond donors (Lipinski definition) is 3. The second kappa shape index (κ2) is 10.2. The van der Waals surface area contributed by atoms with Crippen LogP contribution in [0.2, 0.25) is 0 Å². The van der Waals surface area contributed by atoms with Crippen LogP contribution in [0, 0.1) is 0 Å². The number of fused-ring (bicyclic) bond motifs is 1. The van der Waals surface area contributed by atoms with Crippen molar-refractivity contribution >= 4 is 16.7 Å². The zero-order valence-electron chi connectivity index (χ0n) is 20.9. The molecule has 3 aromatic rings. The smallest absolute Gasteiger partial charge is 0.379 e. The Kier molecular flexibility index (Phi) is 7.09. The van der Waals surface area contributed by atoms with Gasteiger partial charge in [0, 0.05) is 56.5 Å². The summed E-state index contributed by atoms with van der Waals surface area (Å²) >= 11 is 0. The lowest BCUT2D eigenvalue weighted by atomic mass is 9.75. The van der Waals surface area contributed by atoms with Gasteiger partial charge in [-0.1, -0.05) is 18.2 Å². The second-order valence-electron chi connectivity index (χ2n) is 9.75. The van der Waals surface area contributed by atoms with E-state index < -0.39 is 24.2 Å². The number of nitrogens with zero attached hydrogens (tertiary/aromatic N) is 4. The van der Waals surface area contributed by atoms with Gasteiger partial charge in [0.2, 0.25) is 0 Å². The summed E-state index contributed by atoms with van der Waals surface area (Å²) in [6.07, 6.45) is -7.50. The number of benzene rings is 1. The molecule has 0 unspecified atom stereocenters. The molecule has 4 heterocycles. The highest BCUT2D eigenvalue weighted by atomic mass is 19.4. The Morgan fingerprint density at radius 2 is 1.95 bits per heavy atom. The number of hydrogen-bond acceptors (Lipinski definition) is 6. The molecule has 3 N–H and O–H groups in total. The molecule has 5 rings (SSSR count). The van der Waals surface area contributed by atoms with E-state index in [0.717, 1.165) is 17.5 Å². The molecule has 2 atom stereocenters. The van der Waals surface area contributed by atoms with Crippen LogP contribution in [0.25, 0.3) is 22.2 Å². The van der Waals surface area contributed by atoms with Crippen molar-refractivity contribution in [2.45, 2.75) is 36.9 Å². The van der Waals surface area contributed by atoms with E-state index in [9.17, 15) is 22.0 Å². The molecule has 2 aromatic heterocycles. The van der Waals surface area contributed by atoms with E-state index >= 15 is 0 Å². The van der Waals surface area contributed by atoms with Gasteiger partial charge >= 0.3 is 6.18 Å². The molecule has 8 nitrogen and oxygen atoms in total. The monoisotopic (exact) mass is 537 g/mol. The lowest BCUT2D eigenvalue weighted by molar-refractivity contribution is -0.141. The molecule has 0 aliphatic carbocycles. The van der Waals surface area contributed by atoms with Crippen LogP contribution in [-0.4, -0.2) is 78.7 Å². The summed E-state index contributed by atoms with van der Waals surface area (Å²) in [7, 11) is 3.43. The average Bonchev–Trinajstić information content (AvgIpc) is 3.42. The molecule has 2 fully saturated rings. The van der Waals surface area contributed by atoms with E-state index in [1.54, 1.807) is 20.2 Å². The van der Waals surface area contributed by atoms with Gasteiger partial charge in [-0.3, -0.25) is 15.0 Å². The third-order valence-electron chi connectivity index (χ3n) is 7.10. The van der Waals surface area contributed by atoms with Crippen LogP contribution in [0.5, 0.6) is 0 Å². The van der Waals surface area contributed by atoms with E-state index in [2.05, 4.69) is 31.0 Å². The van der Waals surface area contributed by atoms with E-state index in [1.807, 2.05) is 18.2 Å². The van der Waals surface area contributed by atoms with Crippen molar-refractivity contribution in [3.8, 4) is 11.3 Å². The fourth-order valence-electron chi connectivity index (χ4n) is 5.06. The predicted octanol–water partition coefficient (Wildman–Crippen LogP) is 3.55. The number of amidine groups is 1. The number of nitrogens with one attached hydrogen (secondary N) is 3. The largest absolute Gasteiger partial charge is 0.433 e. The number of alkyl halides is 5. The average molecular weight is 538 g/mol. The number of halogens is 5. The highest BCUT2D eigenvalue weighted by molar-refractivity contribution is 5.94. The molecule has 13 heteroatoms. The molecule has 2 aliphatic heterocycles. The quantitative estimate of drug-likeness (QED) is 0.185. The van der Waals surface area contributed by atoms with Crippen LogP contribution in [0.15, 0.2) is 35.3 Å². The first-order valence-electron chi connectivity index (χ1n) is 12.2. The Balaban J connectivity index is 1.54. The number of rotatable bonds is 7. The minimum absolute atomic E-state index is 0.0387. The minimum Gasteiger partial charge on any atom is -0.379 e. The molecule has 204 valence electrons. The Morgan fingerprint density at radius 1 is 1.21 bits per heavy atom. The third-order valence-corrected chi connectivity index (χ3v) is 7.10. The van der Waals surface area contributed by atoms with E-state index in [1.165, 1.54) is 4.90 Å². The maximum atomic E-state index is 13.8. The normalized spacial score (nSPS) is 22.1. The maximum Gasteiger partial charge on any atom is 0.433 e. The number of aromatic amines is 1. The lowest BCUT2D eigenvalue weighted by Crippen LogP contribution is -2.51. The fraction of sp³-hybridized carbons (Fsp3) is 0.480. The Morgan fingerprint density at radius 3 is 2.55 bits per heavy atom. The Labute approximate surface area is 215 Å². The predicted molar refractivity (Wildman–Crippen MR) is 132 cm³/mol. The number of aromatic nitrogens is 3. The van der Waals surface area contributed by atoms with Gasteiger partial charge in [-0.2, -0.15) is 18.3 Å². The number of likely N-dealkylation sites (tertiary alicyclic amines) is 1. The number of ether oxygens (including phenoxy) is 1. The van der Waals surface area contributed by atoms with Crippen LogP contribution in [0.4, 0.5) is 22.0 Å². The summed E-state index contributed by atoms with van der Waals surface area (Å²) in [4.78, 5) is 9.51. The maximum absolute atomic E-state index is 13.8. The highest BCUT2D eigenvalue weighted by Crippen LogP contribution is 2.39. The molecular formula is C25H28F5N7O. The molecule has 0 amide bonds. The van der Waals surface area contributed by atoms with Crippen LogP contribution >= 0.6 is 0 Å². The number of H-pyrrole nitrogens is 1. The first-order chi connectivity index (χ1) is 18.1. The van der Waals surface area contributed by atoms with Gasteiger partial charge in [0.25, 0.3) is 0 Å². The summed E-state index contributed by atoms with van der Waals surface area (Å²) in [6.45, 7) is 0.379. The van der Waals surface area contributed by atoms with Crippen LogP contribution in [0.3, 0.4) is 0 Å². The van der Waals surface area contributed by atoms with Crippen molar-refractivity contribution < 1.29 is 26.7 Å². The summed E-state index contributed by atoms with van der Waals surface area (Å²) < 4.78 is 74.4. The molecule has 38 heavy (non-hydrogen) atoms. The molecule has 2 saturated heterocycles. The van der Waals surface area contributed by atoms with E-state index in [-0.39, 0.29) is 36.1 Å². The van der Waals surface area contributed by atoms with Crippen molar-refractivity contribution in [3.05, 3.63) is 47.3 Å². The Hall–Kier alpha value is -3.16. The standard InChI is InChI=1S/C25H28F5N7O/c1-31-21(34-32-2)8-24(12-38-13-24)15-5-3-4-14(6-15)22-16-7-20(25(28,29)30)33-19(23(16)36-35-22)11-37-9-17(26)18(27)10-37/h3-7,17-18,32H,8-13H2,1-2H3,(H,31,34)(H,35,36)/t17-,18+. The molecule has 1 aromatic carbocycles. The highest BCUT2D eigenvalue weighted by Gasteiger charge is 2.42. The number of pyridine rings is 1. The molecular weight excluding hydrogens is 509 g/mol. The van der Waals surface area contributed by atoms with Crippen LogP contribution in [-0.2, 0) is 22.9 Å². The van der Waals surface area contributed by atoms with Gasteiger partial charge in [-0.15, -0.1) is 0 Å². The van der Waals surface area contributed by atoms with Gasteiger partial charge in [0.1, 0.15) is 29.6 Å². The van der Waals surface area contributed by atoms with Crippen molar-refractivity contribution in [2.75, 3.05) is 40.4 Å². The molecule has 0 radical (unpaired) electrons. The molecule has 0 saturated carbocycles. The van der Waals surface area contributed by atoms with Gasteiger partial charge in [0.15, 0.2) is 0 Å². The SMILES string of the molecule is CN=C(CC1(c2cccc(-c3n[nH]c4c(CN5C[C@@H](F)[C@@H](F)C5)nc(C(F)(F)F)cc34)c2)COC1)NNC. The zero-order chi connectivity index (χ0) is 27.1. The summed E-state index contributed by atoms with van der Waals surface area (Å²) in [5.74, 6) is 0.741. The van der Waals surface area contributed by atoms with Crippen LogP contribution < -0.4 is 10.9 Å². The Bertz CT molecular complexity index is 1330. The van der Waals surface area contributed by atoms with Gasteiger partial charge in [-0.25, -0.2) is 19.2 Å². The number of hydrazine groups is 1. The fourth-order valence-corrected chi connectivity index (χ4v) is 5.06. The lowest BCUT2D eigenvalue weighted by Gasteiger charge is -2.42. The molecule has 2 aliphatic rings. The van der Waals surface area contributed by atoms with Crippen molar-refractivity contribution in [3.63, 3.8) is 0 Å². The number of aliphatic imine (C=N–C) groups is 1. The van der Waals surface area contributed by atoms with E-state index in [0.29, 0.717) is 36.4 Å². The summed E-state index contributed by atoms with van der Waals surface area (Å²) in [5, 5.41) is 7.40. The van der Waals surface area contributed by atoms with Crippen LogP contribution in [0.1, 0.15) is 23.4 Å². The van der Waals surface area contributed by atoms with E-state index in [4.69, 9.17) is 4.74 Å². The second-order valence-corrected chi connectivity index (χ2v) is 9.75. The minimum atomic E-state index is -4.71. The van der Waals surface area contributed by atoms with Crippen molar-refractivity contribution in [1.82, 2.24) is 30.9 Å². The summed E-state index contributed by atoms with van der Waals surface area (Å²) in [6, 6.07) is 8.43. The topological polar surface area (TPSA) is 90.5 Å². The first-order valence-corrected chi connectivity index (χ1v) is 12.2. The first kappa shape index (κ1) is 26.4. The summed E-state index contributed by atoms with van der Waals surface area (Å²) in [5.41, 5.74) is 6.68. The van der Waals surface area contributed by atoms with Gasteiger partial charge in [0.05, 0.1) is 24.4 Å². The third kappa shape index (κ3) is 4.97. The molecule has 0 spiro atoms. The van der Waals surface area contributed by atoms with Gasteiger partial charge < -0.3 is 10.2 Å². The van der Waals surface area contributed by atoms with Crippen molar-refractivity contribution in [1.29, 1.82) is 0 Å². The zero-order valence-corrected chi connectivity index (χ0v) is 20.9. The van der Waals surface area contributed by atoms with Gasteiger partial charge in [-0.05, 0) is 17.7 Å². The molecule has 0 bridgehead atoms. The van der Waals surface area contributed by atoms with Crippen molar-refractivity contribution in [2.24, 2.45) is 4.99 Å².